The number of phenols is 2. The van der Waals surface area contributed by atoms with Crippen LogP contribution in [0.1, 0.15) is 40.4 Å². The Morgan fingerprint density at radius 2 is 0.972 bits per heavy atom. The molecule has 0 aliphatic heterocycles. The molecule has 4 aromatic heterocycles. The Balaban J connectivity index is 1.000. The minimum atomic E-state index is 0.0450. The van der Waals surface area contributed by atoms with Gasteiger partial charge in [0.1, 0.15) is 29.3 Å². The van der Waals surface area contributed by atoms with Gasteiger partial charge in [-0.05, 0) is 73.2 Å². The molecule has 10 heteroatoms. The van der Waals surface area contributed by atoms with Crippen molar-refractivity contribution in [3.8, 4) is 91.0 Å². The zero-order chi connectivity index (χ0) is 48.6. The van der Waals surface area contributed by atoms with E-state index in [2.05, 4.69) is 49.4 Å². The topological polar surface area (TPSA) is 149 Å². The Kier molecular flexibility index (Phi) is 11.4. The molecule has 71 heavy (non-hydrogen) atoms. The second kappa shape index (κ2) is 18.5. The number of benzene rings is 7. The van der Waals surface area contributed by atoms with Gasteiger partial charge in [0.25, 0.3) is 0 Å². The first-order valence-electron chi connectivity index (χ1n) is 23.5. The third-order valence-corrected chi connectivity index (χ3v) is 13.2. The molecule has 0 spiro atoms. The Labute approximate surface area is 410 Å². The van der Waals surface area contributed by atoms with E-state index in [0.717, 1.165) is 45.6 Å². The summed E-state index contributed by atoms with van der Waals surface area (Å²) in [6.45, 7) is 4.02. The van der Waals surface area contributed by atoms with Crippen LogP contribution in [-0.4, -0.2) is 39.7 Å². The van der Waals surface area contributed by atoms with E-state index in [1.807, 2.05) is 144 Å². The van der Waals surface area contributed by atoms with Crippen molar-refractivity contribution in [2.45, 2.75) is 33.1 Å². The molecular formula is C61H44N8O2. The average molecular weight is 921 g/mol. The van der Waals surface area contributed by atoms with Crippen LogP contribution in [0.3, 0.4) is 0 Å². The minimum absolute atomic E-state index is 0.0450. The molecule has 0 amide bonds. The smallest absolute Gasteiger partial charge is 0.164 e. The number of pyridine rings is 2. The highest BCUT2D eigenvalue weighted by Crippen LogP contribution is 2.45. The maximum atomic E-state index is 11.4. The summed E-state index contributed by atoms with van der Waals surface area (Å²) in [5.41, 5.74) is 13.7. The van der Waals surface area contributed by atoms with Gasteiger partial charge in [-0.3, -0.25) is 0 Å². The van der Waals surface area contributed by atoms with Gasteiger partial charge < -0.3 is 10.2 Å². The summed E-state index contributed by atoms with van der Waals surface area (Å²) in [7, 11) is 0. The number of aryl methyl sites for hydroxylation is 4. The Bertz CT molecular complexity index is 3900. The molecule has 0 radical (unpaired) electrons. The number of fused-ring (bicyclic) bond motifs is 2. The number of nitriles is 2. The van der Waals surface area contributed by atoms with Crippen LogP contribution in [-0.2, 0) is 19.3 Å². The van der Waals surface area contributed by atoms with Crippen LogP contribution < -0.4 is 0 Å². The van der Waals surface area contributed by atoms with E-state index in [1.165, 1.54) is 5.56 Å². The fraction of sp³-hybridized carbons (Fsp3) is 0.0820. The molecule has 10 nitrogen and oxygen atoms in total. The molecule has 0 unspecified atom stereocenters. The lowest BCUT2D eigenvalue weighted by Crippen LogP contribution is -2.05. The fourth-order valence-corrected chi connectivity index (χ4v) is 9.66. The summed E-state index contributed by atoms with van der Waals surface area (Å²) >= 11 is 0. The van der Waals surface area contributed by atoms with Crippen molar-refractivity contribution >= 4 is 22.1 Å². The molecule has 0 fully saturated rings. The highest BCUT2D eigenvalue weighted by atomic mass is 16.3. The first-order valence-corrected chi connectivity index (χ1v) is 23.5. The molecule has 0 bridgehead atoms. The summed E-state index contributed by atoms with van der Waals surface area (Å²) in [5, 5.41) is 56.1. The lowest BCUT2D eigenvalue weighted by molar-refractivity contribution is 0.477. The van der Waals surface area contributed by atoms with Gasteiger partial charge >= 0.3 is 0 Å². The lowest BCUT2D eigenvalue weighted by atomic mass is 9.91. The fourth-order valence-electron chi connectivity index (χ4n) is 9.66. The third kappa shape index (κ3) is 7.80. The van der Waals surface area contributed by atoms with Crippen LogP contribution in [0.5, 0.6) is 11.5 Å². The predicted octanol–water partition coefficient (Wildman–Crippen LogP) is 13.3. The quantitative estimate of drug-likeness (QED) is 0.130. The van der Waals surface area contributed by atoms with Gasteiger partial charge in [0.05, 0.1) is 50.4 Å². The first-order chi connectivity index (χ1) is 34.8. The summed E-state index contributed by atoms with van der Waals surface area (Å²) in [5.74, 6) is 0.109. The number of nitrogens with zero attached hydrogens (tertiary/aromatic N) is 8. The molecule has 0 saturated heterocycles. The van der Waals surface area contributed by atoms with Crippen LogP contribution in [0.25, 0.3) is 89.5 Å². The van der Waals surface area contributed by atoms with E-state index in [9.17, 15) is 20.7 Å². The van der Waals surface area contributed by atoms with Gasteiger partial charge in [0, 0.05) is 38.9 Å². The van der Waals surface area contributed by atoms with Crippen molar-refractivity contribution in [3.63, 3.8) is 0 Å². The molecular weight excluding hydrogens is 877 g/mol. The van der Waals surface area contributed by atoms with E-state index in [0.29, 0.717) is 91.1 Å². The number of hydrogen-bond acceptors (Lipinski definition) is 8. The maximum Gasteiger partial charge on any atom is 0.164 e. The van der Waals surface area contributed by atoms with Crippen LogP contribution in [0.15, 0.2) is 182 Å². The average Bonchev–Trinajstić information content (AvgIpc) is 3.97. The molecule has 0 aliphatic rings. The van der Waals surface area contributed by atoms with E-state index in [1.54, 1.807) is 24.3 Å². The maximum absolute atomic E-state index is 11.4. The number of aromatic nitrogens is 6. The van der Waals surface area contributed by atoms with Crippen molar-refractivity contribution < 1.29 is 10.2 Å². The highest BCUT2D eigenvalue weighted by molar-refractivity contribution is 6.08. The second-order valence-corrected chi connectivity index (χ2v) is 17.4. The molecule has 0 saturated carbocycles. The van der Waals surface area contributed by atoms with Gasteiger partial charge in [-0.2, -0.15) is 20.7 Å². The SMILES string of the molecule is CCc1ccc(-c2nc3c(c(C)nn3-c3ccccc3CCc3ccc(-c4nc5c(c(-c6ccccc6)nn5-c5ccccc5)c(-c5ccccc5O)c4C#N)cc3)c(-c3ccccc3O)c2C#N)cc1. The summed E-state index contributed by atoms with van der Waals surface area (Å²) < 4.78 is 3.69. The van der Waals surface area contributed by atoms with Crippen molar-refractivity contribution in [1.29, 1.82) is 10.5 Å². The van der Waals surface area contributed by atoms with Crippen LogP contribution in [0.4, 0.5) is 0 Å². The standard InChI is InChI=1S/C61H44N8O2/c1-3-39-26-32-43(33-27-39)57-48(36-62)54(46-21-11-14-24-51(46)70)53-38(2)66-69(60(53)64-57)50-23-13-10-16-41(50)31-28-40-29-34-44(35-30-40)58-49(37-63)55(47-22-12-15-25-52(47)71)56-59(42-17-6-4-7-18-42)67-68(61(56)65-58)45-19-8-5-9-20-45/h4-27,29-30,32-35,70-71H,3,28,31H2,1-2H3. The molecule has 4 heterocycles. The van der Waals surface area contributed by atoms with Gasteiger partial charge in [-0.1, -0.05) is 159 Å². The van der Waals surface area contributed by atoms with Gasteiger partial charge in [-0.25, -0.2) is 19.3 Å². The lowest BCUT2D eigenvalue weighted by Gasteiger charge is -2.15. The molecule has 7 aromatic carbocycles. The van der Waals surface area contributed by atoms with Crippen LogP contribution in [0, 0.1) is 29.6 Å². The Hall–Kier alpha value is -9.64. The van der Waals surface area contributed by atoms with Crippen LogP contribution >= 0.6 is 0 Å². The molecule has 2 N–H and O–H groups in total. The monoisotopic (exact) mass is 920 g/mol. The zero-order valence-corrected chi connectivity index (χ0v) is 38.9. The van der Waals surface area contributed by atoms with E-state index in [4.69, 9.17) is 20.2 Å². The molecule has 340 valence electrons. The largest absolute Gasteiger partial charge is 0.507 e. The summed E-state index contributed by atoms with van der Waals surface area (Å²) in [6.07, 6.45) is 2.22. The zero-order valence-electron chi connectivity index (χ0n) is 38.9. The molecule has 11 aromatic rings. The number of rotatable bonds is 11. The Morgan fingerprint density at radius 1 is 0.479 bits per heavy atom. The van der Waals surface area contributed by atoms with Gasteiger partial charge in [0.2, 0.25) is 0 Å². The molecule has 11 rings (SSSR count). The van der Waals surface area contributed by atoms with Crippen molar-refractivity contribution in [3.05, 3.63) is 216 Å². The summed E-state index contributed by atoms with van der Waals surface area (Å²) in [4.78, 5) is 10.5. The van der Waals surface area contributed by atoms with Crippen LogP contribution in [0.2, 0.25) is 0 Å². The van der Waals surface area contributed by atoms with E-state index >= 15 is 0 Å². The van der Waals surface area contributed by atoms with Gasteiger partial charge in [-0.15, -0.1) is 0 Å². The van der Waals surface area contributed by atoms with Crippen molar-refractivity contribution in [2.24, 2.45) is 0 Å². The molecule has 0 atom stereocenters. The van der Waals surface area contributed by atoms with Crippen molar-refractivity contribution in [2.75, 3.05) is 0 Å². The number of aromatic hydroxyl groups is 2. The minimum Gasteiger partial charge on any atom is -0.507 e. The number of phenolic OH excluding ortho intramolecular Hbond substituents is 2. The Morgan fingerprint density at radius 3 is 1.55 bits per heavy atom. The molecule has 0 aliphatic carbocycles. The number of para-hydroxylation sites is 4. The predicted molar refractivity (Wildman–Crippen MR) is 279 cm³/mol. The number of hydrogen-bond donors (Lipinski definition) is 2. The summed E-state index contributed by atoms with van der Waals surface area (Å²) in [6, 6.07) is 63.2. The first kappa shape index (κ1) is 43.9. The normalized spacial score (nSPS) is 11.2. The van der Waals surface area contributed by atoms with E-state index < -0.39 is 0 Å². The highest BCUT2D eigenvalue weighted by Gasteiger charge is 2.28. The second-order valence-electron chi connectivity index (χ2n) is 17.4. The van der Waals surface area contributed by atoms with E-state index in [-0.39, 0.29) is 11.5 Å². The van der Waals surface area contributed by atoms with Gasteiger partial charge in [0.15, 0.2) is 11.3 Å². The van der Waals surface area contributed by atoms with Crippen molar-refractivity contribution in [1.82, 2.24) is 29.5 Å². The third-order valence-electron chi connectivity index (χ3n) is 13.2.